The fourth-order valence-corrected chi connectivity index (χ4v) is 2.69. The van der Waals surface area contributed by atoms with Crippen molar-refractivity contribution in [3.63, 3.8) is 0 Å². The number of rotatable bonds is 5. The largest absolute Gasteiger partial charge is 0.497 e. The summed E-state index contributed by atoms with van der Waals surface area (Å²) in [5.41, 5.74) is 3.58. The van der Waals surface area contributed by atoms with Crippen molar-refractivity contribution in [2.75, 3.05) is 7.11 Å². The number of hydrogen-bond acceptors (Lipinski definition) is 2. The van der Waals surface area contributed by atoms with Crippen LogP contribution in [0.2, 0.25) is 0 Å². The molecular formula is C18H21FO2. The summed E-state index contributed by atoms with van der Waals surface area (Å²) in [5.74, 6) is 0.570. The van der Waals surface area contributed by atoms with E-state index in [2.05, 4.69) is 0 Å². The van der Waals surface area contributed by atoms with Crippen LogP contribution in [0.5, 0.6) is 5.75 Å². The fraction of sp³-hybridized carbons (Fsp3) is 0.333. The predicted molar refractivity (Wildman–Crippen MR) is 82.1 cm³/mol. The first-order valence-electron chi connectivity index (χ1n) is 7.09. The zero-order valence-corrected chi connectivity index (χ0v) is 12.7. The molecule has 0 spiro atoms. The highest BCUT2D eigenvalue weighted by Crippen LogP contribution is 2.27. The molecule has 21 heavy (non-hydrogen) atoms. The number of ether oxygens (including phenoxy) is 1. The molecule has 3 heteroatoms. The summed E-state index contributed by atoms with van der Waals surface area (Å²) in [7, 11) is 1.64. The fourth-order valence-electron chi connectivity index (χ4n) is 2.69. The van der Waals surface area contributed by atoms with Crippen molar-refractivity contribution in [1.82, 2.24) is 0 Å². The molecule has 0 saturated heterocycles. The van der Waals surface area contributed by atoms with Crippen LogP contribution in [-0.4, -0.2) is 12.2 Å². The van der Waals surface area contributed by atoms with Crippen LogP contribution in [0, 0.1) is 19.7 Å². The predicted octanol–water partition coefficient (Wildman–Crippen LogP) is 4.12. The van der Waals surface area contributed by atoms with Crippen molar-refractivity contribution in [2.24, 2.45) is 0 Å². The van der Waals surface area contributed by atoms with Crippen molar-refractivity contribution >= 4 is 0 Å². The highest BCUT2D eigenvalue weighted by atomic mass is 19.1. The summed E-state index contributed by atoms with van der Waals surface area (Å²) in [6, 6.07) is 10.8. The van der Waals surface area contributed by atoms with Gasteiger partial charge in [0.1, 0.15) is 11.6 Å². The van der Waals surface area contributed by atoms with E-state index >= 15 is 0 Å². The molecule has 0 heterocycles. The van der Waals surface area contributed by atoms with Gasteiger partial charge in [-0.3, -0.25) is 0 Å². The molecule has 0 bridgehead atoms. The molecule has 0 aliphatic heterocycles. The van der Waals surface area contributed by atoms with Crippen LogP contribution in [0.1, 0.15) is 34.8 Å². The van der Waals surface area contributed by atoms with E-state index in [1.807, 2.05) is 38.1 Å². The minimum atomic E-state index is -0.576. The Morgan fingerprint density at radius 3 is 2.19 bits per heavy atom. The maximum absolute atomic E-state index is 13.3. The average molecular weight is 288 g/mol. The van der Waals surface area contributed by atoms with Gasteiger partial charge in [0.15, 0.2) is 0 Å². The highest BCUT2D eigenvalue weighted by Gasteiger charge is 2.14. The maximum Gasteiger partial charge on any atom is 0.123 e. The van der Waals surface area contributed by atoms with Gasteiger partial charge in [-0.05, 0) is 73.2 Å². The van der Waals surface area contributed by atoms with Gasteiger partial charge in [-0.15, -0.1) is 0 Å². The summed E-state index contributed by atoms with van der Waals surface area (Å²) >= 11 is 0. The first-order chi connectivity index (χ1) is 10.0. The average Bonchev–Trinajstić information content (AvgIpc) is 2.44. The molecule has 0 aliphatic rings. The first kappa shape index (κ1) is 15.5. The van der Waals surface area contributed by atoms with Crippen LogP contribution in [0.25, 0.3) is 0 Å². The second-order valence-corrected chi connectivity index (χ2v) is 5.36. The van der Waals surface area contributed by atoms with Crippen molar-refractivity contribution in [3.05, 3.63) is 64.5 Å². The van der Waals surface area contributed by atoms with Crippen LogP contribution >= 0.6 is 0 Å². The van der Waals surface area contributed by atoms with Gasteiger partial charge in [0.05, 0.1) is 13.2 Å². The Hall–Kier alpha value is -1.87. The molecule has 0 amide bonds. The Balaban J connectivity index is 2.06. The van der Waals surface area contributed by atoms with E-state index in [-0.39, 0.29) is 5.82 Å². The Bertz CT molecular complexity index is 582. The first-order valence-corrected chi connectivity index (χ1v) is 7.09. The van der Waals surface area contributed by atoms with Gasteiger partial charge < -0.3 is 9.84 Å². The molecule has 2 aromatic carbocycles. The van der Waals surface area contributed by atoms with Gasteiger partial charge in [0, 0.05) is 0 Å². The number of methoxy groups -OCH3 is 1. The molecule has 2 nitrogen and oxygen atoms in total. The molecule has 1 N–H and O–H groups in total. The SMILES string of the molecule is COc1ccc(CCC(O)c2c(C)cc(F)cc2C)cc1. The van der Waals surface area contributed by atoms with Gasteiger partial charge in [-0.2, -0.15) is 0 Å². The van der Waals surface area contributed by atoms with Gasteiger partial charge >= 0.3 is 0 Å². The Morgan fingerprint density at radius 1 is 1.10 bits per heavy atom. The van der Waals surface area contributed by atoms with E-state index in [4.69, 9.17) is 4.74 Å². The van der Waals surface area contributed by atoms with Crippen molar-refractivity contribution in [3.8, 4) is 5.75 Å². The molecule has 2 aromatic rings. The van der Waals surface area contributed by atoms with Gasteiger partial charge in [0.2, 0.25) is 0 Å². The summed E-state index contributed by atoms with van der Waals surface area (Å²) in [6.45, 7) is 3.67. The molecule has 1 unspecified atom stereocenters. The zero-order chi connectivity index (χ0) is 15.4. The molecule has 0 saturated carbocycles. The Morgan fingerprint density at radius 2 is 1.67 bits per heavy atom. The van der Waals surface area contributed by atoms with E-state index in [0.29, 0.717) is 6.42 Å². The maximum atomic E-state index is 13.3. The van der Waals surface area contributed by atoms with E-state index in [1.54, 1.807) is 7.11 Å². The molecule has 0 fully saturated rings. The molecule has 0 radical (unpaired) electrons. The number of aliphatic hydroxyl groups excluding tert-OH is 1. The normalized spacial score (nSPS) is 12.2. The Labute approximate surface area is 125 Å². The lowest BCUT2D eigenvalue weighted by molar-refractivity contribution is 0.166. The van der Waals surface area contributed by atoms with E-state index < -0.39 is 6.10 Å². The molecule has 112 valence electrons. The molecule has 0 aromatic heterocycles. The van der Waals surface area contributed by atoms with Gasteiger partial charge in [0.25, 0.3) is 0 Å². The third-order valence-corrected chi connectivity index (χ3v) is 3.76. The third kappa shape index (κ3) is 3.82. The van der Waals surface area contributed by atoms with E-state index in [9.17, 15) is 9.50 Å². The number of halogens is 1. The number of aliphatic hydroxyl groups is 1. The molecule has 1 atom stereocenters. The Kier molecular flexibility index (Phi) is 4.97. The van der Waals surface area contributed by atoms with E-state index in [1.165, 1.54) is 12.1 Å². The lowest BCUT2D eigenvalue weighted by Gasteiger charge is -2.17. The summed E-state index contributed by atoms with van der Waals surface area (Å²) < 4.78 is 18.4. The van der Waals surface area contributed by atoms with Crippen LogP contribution in [0.4, 0.5) is 4.39 Å². The lowest BCUT2D eigenvalue weighted by Crippen LogP contribution is -2.05. The number of hydrogen-bond donors (Lipinski definition) is 1. The lowest BCUT2D eigenvalue weighted by atomic mass is 9.94. The topological polar surface area (TPSA) is 29.5 Å². The van der Waals surface area contributed by atoms with Crippen LogP contribution in [0.15, 0.2) is 36.4 Å². The zero-order valence-electron chi connectivity index (χ0n) is 12.7. The molecular weight excluding hydrogens is 267 g/mol. The van der Waals surface area contributed by atoms with Crippen molar-refractivity contribution in [1.29, 1.82) is 0 Å². The van der Waals surface area contributed by atoms with Gasteiger partial charge in [-0.25, -0.2) is 4.39 Å². The van der Waals surface area contributed by atoms with Crippen molar-refractivity contribution in [2.45, 2.75) is 32.8 Å². The molecule has 2 rings (SSSR count). The van der Waals surface area contributed by atoms with Crippen LogP contribution < -0.4 is 4.74 Å². The summed E-state index contributed by atoms with van der Waals surface area (Å²) in [5, 5.41) is 10.4. The van der Waals surface area contributed by atoms with E-state index in [0.717, 1.165) is 34.4 Å². The number of benzene rings is 2. The standard InChI is InChI=1S/C18H21FO2/c1-12-10-15(19)11-13(2)18(12)17(20)9-6-14-4-7-16(21-3)8-5-14/h4-5,7-8,10-11,17,20H,6,9H2,1-3H3. The summed E-state index contributed by atoms with van der Waals surface area (Å²) in [6.07, 6.45) is 0.800. The smallest absolute Gasteiger partial charge is 0.123 e. The van der Waals surface area contributed by atoms with Crippen molar-refractivity contribution < 1.29 is 14.2 Å². The van der Waals surface area contributed by atoms with Gasteiger partial charge in [-0.1, -0.05) is 12.1 Å². The molecule has 0 aliphatic carbocycles. The highest BCUT2D eigenvalue weighted by molar-refractivity contribution is 5.36. The quantitative estimate of drug-likeness (QED) is 0.897. The summed E-state index contributed by atoms with van der Waals surface area (Å²) in [4.78, 5) is 0. The minimum Gasteiger partial charge on any atom is -0.497 e. The van der Waals surface area contributed by atoms with Crippen LogP contribution in [-0.2, 0) is 6.42 Å². The third-order valence-electron chi connectivity index (χ3n) is 3.76. The number of aryl methyl sites for hydroxylation is 3. The second-order valence-electron chi connectivity index (χ2n) is 5.36. The minimum absolute atomic E-state index is 0.254. The monoisotopic (exact) mass is 288 g/mol. The van der Waals surface area contributed by atoms with Crippen LogP contribution in [0.3, 0.4) is 0 Å². The second kappa shape index (κ2) is 6.72.